The summed E-state index contributed by atoms with van der Waals surface area (Å²) in [5, 5.41) is 3.85. The average Bonchev–Trinajstić information content (AvgIpc) is 3.06. The number of furan rings is 1. The van der Waals surface area contributed by atoms with Gasteiger partial charge < -0.3 is 19.4 Å². The van der Waals surface area contributed by atoms with Crippen LogP contribution in [-0.2, 0) is 0 Å². The topological polar surface area (TPSA) is 74.4 Å². The molecule has 0 aliphatic heterocycles. The van der Waals surface area contributed by atoms with Crippen LogP contribution in [0.3, 0.4) is 0 Å². The zero-order chi connectivity index (χ0) is 14.8. The SMILES string of the molecule is CCOc1ccc(-c2c(N)noc2-c2ccc(C)o2)cc1. The van der Waals surface area contributed by atoms with Crippen molar-refractivity contribution in [3.8, 4) is 28.4 Å². The average molecular weight is 284 g/mol. The maximum Gasteiger partial charge on any atom is 0.212 e. The molecule has 3 rings (SSSR count). The fourth-order valence-corrected chi connectivity index (χ4v) is 2.19. The fourth-order valence-electron chi connectivity index (χ4n) is 2.19. The van der Waals surface area contributed by atoms with Crippen molar-refractivity contribution in [2.24, 2.45) is 0 Å². The third-order valence-corrected chi connectivity index (χ3v) is 3.14. The van der Waals surface area contributed by atoms with Crippen molar-refractivity contribution in [3.05, 3.63) is 42.2 Å². The van der Waals surface area contributed by atoms with E-state index in [4.69, 9.17) is 19.4 Å². The van der Waals surface area contributed by atoms with Gasteiger partial charge in [-0.05, 0) is 43.7 Å². The number of hydrogen-bond acceptors (Lipinski definition) is 5. The van der Waals surface area contributed by atoms with E-state index in [0.717, 1.165) is 22.6 Å². The van der Waals surface area contributed by atoms with Gasteiger partial charge in [-0.1, -0.05) is 17.3 Å². The van der Waals surface area contributed by atoms with Gasteiger partial charge in [0.15, 0.2) is 11.6 Å². The van der Waals surface area contributed by atoms with Crippen LogP contribution in [0.25, 0.3) is 22.6 Å². The van der Waals surface area contributed by atoms with Gasteiger partial charge >= 0.3 is 0 Å². The van der Waals surface area contributed by atoms with E-state index in [-0.39, 0.29) is 0 Å². The second kappa shape index (κ2) is 5.36. The lowest BCUT2D eigenvalue weighted by Crippen LogP contribution is -1.92. The molecule has 0 saturated heterocycles. The van der Waals surface area contributed by atoms with Gasteiger partial charge in [0.05, 0.1) is 12.2 Å². The Morgan fingerprint density at radius 1 is 1.14 bits per heavy atom. The number of hydrogen-bond donors (Lipinski definition) is 1. The number of nitrogens with two attached hydrogens (primary N) is 1. The molecular formula is C16H16N2O3. The first-order valence-corrected chi connectivity index (χ1v) is 6.74. The van der Waals surface area contributed by atoms with E-state index in [2.05, 4.69) is 5.16 Å². The standard InChI is InChI=1S/C16H16N2O3/c1-3-19-12-7-5-11(6-8-12)14-15(21-18-16(14)17)13-9-4-10(2)20-13/h4-9H,3H2,1-2H3,(H2,17,18). The molecule has 0 aliphatic rings. The molecule has 0 radical (unpaired) electrons. The van der Waals surface area contributed by atoms with Gasteiger partial charge in [0.2, 0.25) is 5.76 Å². The van der Waals surface area contributed by atoms with Crippen LogP contribution >= 0.6 is 0 Å². The molecule has 0 unspecified atom stereocenters. The number of anilines is 1. The van der Waals surface area contributed by atoms with Crippen LogP contribution < -0.4 is 10.5 Å². The van der Waals surface area contributed by atoms with E-state index in [1.807, 2.05) is 50.2 Å². The van der Waals surface area contributed by atoms with E-state index in [0.29, 0.717) is 23.9 Å². The Hall–Kier alpha value is -2.69. The predicted octanol–water partition coefficient (Wildman–Crippen LogP) is 3.89. The fraction of sp³-hybridized carbons (Fsp3) is 0.188. The Morgan fingerprint density at radius 3 is 2.52 bits per heavy atom. The van der Waals surface area contributed by atoms with E-state index < -0.39 is 0 Å². The van der Waals surface area contributed by atoms with Crippen molar-refractivity contribution in [2.45, 2.75) is 13.8 Å². The number of nitrogen functional groups attached to an aromatic ring is 1. The second-order valence-corrected chi connectivity index (χ2v) is 4.64. The van der Waals surface area contributed by atoms with Crippen LogP contribution in [0.4, 0.5) is 5.82 Å². The van der Waals surface area contributed by atoms with Gasteiger partial charge in [-0.3, -0.25) is 0 Å². The van der Waals surface area contributed by atoms with Gasteiger partial charge in [-0.2, -0.15) is 0 Å². The van der Waals surface area contributed by atoms with Crippen LogP contribution in [-0.4, -0.2) is 11.8 Å². The Balaban J connectivity index is 2.04. The lowest BCUT2D eigenvalue weighted by molar-refractivity contribution is 0.340. The van der Waals surface area contributed by atoms with Crippen molar-refractivity contribution < 1.29 is 13.7 Å². The number of aryl methyl sites for hydroxylation is 1. The number of nitrogens with zero attached hydrogens (tertiary/aromatic N) is 1. The second-order valence-electron chi connectivity index (χ2n) is 4.64. The molecule has 2 heterocycles. The van der Waals surface area contributed by atoms with E-state index in [9.17, 15) is 0 Å². The Labute approximate surface area is 122 Å². The monoisotopic (exact) mass is 284 g/mol. The molecule has 108 valence electrons. The van der Waals surface area contributed by atoms with Crippen molar-refractivity contribution in [2.75, 3.05) is 12.3 Å². The third kappa shape index (κ3) is 2.50. The molecule has 0 aliphatic carbocycles. The number of aromatic nitrogens is 1. The van der Waals surface area contributed by atoms with Crippen LogP contribution in [0.5, 0.6) is 5.75 Å². The summed E-state index contributed by atoms with van der Waals surface area (Å²) in [5.41, 5.74) is 7.57. The van der Waals surface area contributed by atoms with Crippen LogP contribution in [0.2, 0.25) is 0 Å². The Kier molecular flexibility index (Phi) is 3.39. The van der Waals surface area contributed by atoms with Crippen LogP contribution in [0, 0.1) is 6.92 Å². The van der Waals surface area contributed by atoms with Gasteiger partial charge in [0.25, 0.3) is 0 Å². The predicted molar refractivity (Wildman–Crippen MR) is 80.0 cm³/mol. The minimum Gasteiger partial charge on any atom is -0.494 e. The molecule has 0 atom stereocenters. The normalized spacial score (nSPS) is 10.8. The minimum atomic E-state index is 0.336. The summed E-state index contributed by atoms with van der Waals surface area (Å²) in [5.74, 6) is 3.10. The smallest absolute Gasteiger partial charge is 0.212 e. The lowest BCUT2D eigenvalue weighted by Gasteiger charge is -2.05. The molecule has 0 fully saturated rings. The van der Waals surface area contributed by atoms with E-state index >= 15 is 0 Å². The number of rotatable bonds is 4. The largest absolute Gasteiger partial charge is 0.494 e. The molecule has 0 bridgehead atoms. The maximum atomic E-state index is 5.94. The molecule has 3 aromatic rings. The van der Waals surface area contributed by atoms with E-state index in [1.54, 1.807) is 0 Å². The quantitative estimate of drug-likeness (QED) is 0.786. The summed E-state index contributed by atoms with van der Waals surface area (Å²) in [4.78, 5) is 0. The zero-order valence-electron chi connectivity index (χ0n) is 11.9. The van der Waals surface area contributed by atoms with Crippen LogP contribution in [0.1, 0.15) is 12.7 Å². The van der Waals surface area contributed by atoms with Crippen molar-refractivity contribution in [3.63, 3.8) is 0 Å². The molecule has 0 spiro atoms. The third-order valence-electron chi connectivity index (χ3n) is 3.14. The molecule has 2 N–H and O–H groups in total. The summed E-state index contributed by atoms with van der Waals surface area (Å²) in [7, 11) is 0. The van der Waals surface area contributed by atoms with Crippen molar-refractivity contribution in [1.29, 1.82) is 0 Å². The highest BCUT2D eigenvalue weighted by atomic mass is 16.5. The molecule has 21 heavy (non-hydrogen) atoms. The first kappa shape index (κ1) is 13.3. The summed E-state index contributed by atoms with van der Waals surface area (Å²) in [6.07, 6.45) is 0. The summed E-state index contributed by atoms with van der Waals surface area (Å²) >= 11 is 0. The number of benzene rings is 1. The summed E-state index contributed by atoms with van der Waals surface area (Å²) in [6, 6.07) is 11.3. The molecule has 1 aromatic carbocycles. The van der Waals surface area contributed by atoms with Crippen molar-refractivity contribution >= 4 is 5.82 Å². The molecular weight excluding hydrogens is 268 g/mol. The first-order chi connectivity index (χ1) is 10.2. The Morgan fingerprint density at radius 2 is 1.90 bits per heavy atom. The van der Waals surface area contributed by atoms with Gasteiger partial charge in [0, 0.05) is 0 Å². The molecule has 0 amide bonds. The lowest BCUT2D eigenvalue weighted by atomic mass is 10.0. The summed E-state index contributed by atoms with van der Waals surface area (Å²) < 4.78 is 16.4. The van der Waals surface area contributed by atoms with Gasteiger partial charge in [-0.25, -0.2) is 0 Å². The highest BCUT2D eigenvalue weighted by Gasteiger charge is 2.20. The highest BCUT2D eigenvalue weighted by molar-refractivity contribution is 5.85. The molecule has 5 nitrogen and oxygen atoms in total. The van der Waals surface area contributed by atoms with E-state index in [1.165, 1.54) is 0 Å². The summed E-state index contributed by atoms with van der Waals surface area (Å²) in [6.45, 7) is 4.45. The molecule has 2 aromatic heterocycles. The minimum absolute atomic E-state index is 0.336. The van der Waals surface area contributed by atoms with Gasteiger partial charge in [0.1, 0.15) is 11.5 Å². The van der Waals surface area contributed by atoms with Crippen molar-refractivity contribution in [1.82, 2.24) is 5.16 Å². The first-order valence-electron chi connectivity index (χ1n) is 6.74. The van der Waals surface area contributed by atoms with Crippen LogP contribution in [0.15, 0.2) is 45.3 Å². The Bertz CT molecular complexity index is 741. The molecule has 5 heteroatoms. The molecule has 0 saturated carbocycles. The number of ether oxygens (including phenoxy) is 1. The zero-order valence-corrected chi connectivity index (χ0v) is 11.9. The van der Waals surface area contributed by atoms with Gasteiger partial charge in [-0.15, -0.1) is 0 Å². The maximum absolute atomic E-state index is 5.94. The highest BCUT2D eigenvalue weighted by Crippen LogP contribution is 2.37.